The van der Waals surface area contributed by atoms with Gasteiger partial charge in [0.15, 0.2) is 0 Å². The van der Waals surface area contributed by atoms with Crippen LogP contribution in [0.3, 0.4) is 0 Å². The van der Waals surface area contributed by atoms with E-state index in [9.17, 15) is 8.42 Å². The molecule has 1 aromatic carbocycles. The van der Waals surface area contributed by atoms with Gasteiger partial charge in [0.2, 0.25) is 10.0 Å². The van der Waals surface area contributed by atoms with Gasteiger partial charge in [-0.15, -0.1) is 0 Å². The highest BCUT2D eigenvalue weighted by Gasteiger charge is 2.26. The highest BCUT2D eigenvalue weighted by molar-refractivity contribution is 7.89. The van der Waals surface area contributed by atoms with Crippen molar-refractivity contribution in [1.82, 2.24) is 10.0 Å². The minimum atomic E-state index is -3.43. The molecule has 0 aliphatic heterocycles. The maximum absolute atomic E-state index is 12.6. The zero-order valence-corrected chi connectivity index (χ0v) is 13.9. The monoisotopic (exact) mass is 310 g/mol. The molecular weight excluding hydrogens is 284 g/mol. The van der Waals surface area contributed by atoms with E-state index in [0.717, 1.165) is 24.8 Å². The number of sulfonamides is 1. The predicted molar refractivity (Wildman–Crippen MR) is 85.7 cm³/mol. The summed E-state index contributed by atoms with van der Waals surface area (Å²) in [6, 6.07) is 7.38. The first-order chi connectivity index (χ1) is 9.94. The smallest absolute Gasteiger partial charge is 0.240 e. The van der Waals surface area contributed by atoms with E-state index in [4.69, 9.17) is 0 Å². The van der Waals surface area contributed by atoms with Crippen molar-refractivity contribution < 1.29 is 8.42 Å². The SMILES string of the molecule is CNC(C)c1cccc(S(=O)(=O)NC2CCCCC2C)c1. The minimum absolute atomic E-state index is 0.0640. The highest BCUT2D eigenvalue weighted by atomic mass is 32.2. The van der Waals surface area contributed by atoms with Gasteiger partial charge in [0, 0.05) is 12.1 Å². The Kier molecular flexibility index (Phi) is 5.41. The van der Waals surface area contributed by atoms with Crippen LogP contribution in [-0.2, 0) is 10.0 Å². The van der Waals surface area contributed by atoms with Crippen molar-refractivity contribution in [2.45, 2.75) is 56.5 Å². The zero-order valence-electron chi connectivity index (χ0n) is 13.1. The number of hydrogen-bond acceptors (Lipinski definition) is 3. The molecule has 21 heavy (non-hydrogen) atoms. The van der Waals surface area contributed by atoms with Crippen LogP contribution in [0.4, 0.5) is 0 Å². The summed E-state index contributed by atoms with van der Waals surface area (Å²) in [6.07, 6.45) is 4.35. The Bertz CT molecular complexity index is 571. The van der Waals surface area contributed by atoms with Crippen LogP contribution in [0, 0.1) is 5.92 Å². The molecular formula is C16H26N2O2S. The minimum Gasteiger partial charge on any atom is -0.313 e. The lowest BCUT2D eigenvalue weighted by molar-refractivity contribution is 0.310. The summed E-state index contributed by atoms with van der Waals surface area (Å²) >= 11 is 0. The molecule has 0 saturated heterocycles. The molecule has 0 radical (unpaired) electrons. The van der Waals surface area contributed by atoms with Gasteiger partial charge in [-0.1, -0.05) is 31.9 Å². The van der Waals surface area contributed by atoms with Gasteiger partial charge >= 0.3 is 0 Å². The molecule has 118 valence electrons. The molecule has 2 N–H and O–H groups in total. The van der Waals surface area contributed by atoms with Crippen molar-refractivity contribution in [1.29, 1.82) is 0 Å². The molecule has 0 amide bonds. The van der Waals surface area contributed by atoms with Crippen molar-refractivity contribution in [3.05, 3.63) is 29.8 Å². The lowest BCUT2D eigenvalue weighted by Crippen LogP contribution is -2.41. The quantitative estimate of drug-likeness (QED) is 0.879. The molecule has 2 rings (SSSR count). The van der Waals surface area contributed by atoms with Crippen LogP contribution in [0.25, 0.3) is 0 Å². The van der Waals surface area contributed by atoms with E-state index in [1.165, 1.54) is 6.42 Å². The second-order valence-electron chi connectivity index (χ2n) is 6.07. The third kappa shape index (κ3) is 4.05. The van der Waals surface area contributed by atoms with Crippen LogP contribution in [0.5, 0.6) is 0 Å². The Balaban J connectivity index is 2.19. The molecule has 0 spiro atoms. The fraction of sp³-hybridized carbons (Fsp3) is 0.625. The summed E-state index contributed by atoms with van der Waals surface area (Å²) in [5.74, 6) is 0.410. The molecule has 5 heteroatoms. The summed E-state index contributed by atoms with van der Waals surface area (Å²) in [5, 5.41) is 3.13. The topological polar surface area (TPSA) is 58.2 Å². The third-order valence-electron chi connectivity index (χ3n) is 4.52. The van der Waals surface area contributed by atoms with E-state index in [2.05, 4.69) is 17.0 Å². The number of hydrogen-bond donors (Lipinski definition) is 2. The first-order valence-electron chi connectivity index (χ1n) is 7.73. The summed E-state index contributed by atoms with van der Waals surface area (Å²) < 4.78 is 28.1. The largest absolute Gasteiger partial charge is 0.313 e. The molecule has 3 unspecified atom stereocenters. The molecule has 0 heterocycles. The van der Waals surface area contributed by atoms with Crippen molar-refractivity contribution in [2.24, 2.45) is 5.92 Å². The average molecular weight is 310 g/mol. The molecule has 1 aliphatic rings. The van der Waals surface area contributed by atoms with E-state index in [0.29, 0.717) is 10.8 Å². The van der Waals surface area contributed by atoms with Gasteiger partial charge in [-0.2, -0.15) is 0 Å². The first kappa shape index (κ1) is 16.5. The Labute approximate surface area is 128 Å². The van der Waals surface area contributed by atoms with E-state index in [1.807, 2.05) is 26.1 Å². The molecule has 0 aromatic heterocycles. The molecule has 3 atom stereocenters. The Morgan fingerprint density at radius 1 is 1.24 bits per heavy atom. The predicted octanol–water partition coefficient (Wildman–Crippen LogP) is 2.82. The van der Waals surface area contributed by atoms with E-state index in [-0.39, 0.29) is 12.1 Å². The Morgan fingerprint density at radius 3 is 2.62 bits per heavy atom. The fourth-order valence-corrected chi connectivity index (χ4v) is 4.31. The third-order valence-corrected chi connectivity index (χ3v) is 6.01. The van der Waals surface area contributed by atoms with Crippen LogP contribution in [-0.4, -0.2) is 21.5 Å². The van der Waals surface area contributed by atoms with Crippen molar-refractivity contribution >= 4 is 10.0 Å². The molecule has 4 nitrogen and oxygen atoms in total. The number of benzene rings is 1. The molecule has 1 aliphatic carbocycles. The summed E-state index contributed by atoms with van der Waals surface area (Å²) in [4.78, 5) is 0.361. The lowest BCUT2D eigenvalue weighted by atomic mass is 9.87. The van der Waals surface area contributed by atoms with Crippen molar-refractivity contribution in [2.75, 3.05) is 7.05 Å². The van der Waals surface area contributed by atoms with Crippen LogP contribution in [0.2, 0.25) is 0 Å². The van der Waals surface area contributed by atoms with Gasteiger partial charge < -0.3 is 5.32 Å². The van der Waals surface area contributed by atoms with Crippen LogP contribution < -0.4 is 10.0 Å². The second kappa shape index (κ2) is 6.90. The van der Waals surface area contributed by atoms with E-state index < -0.39 is 10.0 Å². The maximum atomic E-state index is 12.6. The van der Waals surface area contributed by atoms with Gasteiger partial charge in [0.25, 0.3) is 0 Å². The number of rotatable bonds is 5. The molecule has 1 saturated carbocycles. The van der Waals surface area contributed by atoms with Gasteiger partial charge in [-0.05, 0) is 50.4 Å². The van der Waals surface area contributed by atoms with Crippen LogP contribution in [0.1, 0.15) is 51.1 Å². The van der Waals surface area contributed by atoms with E-state index >= 15 is 0 Å². The highest BCUT2D eigenvalue weighted by Crippen LogP contribution is 2.25. The van der Waals surface area contributed by atoms with Crippen LogP contribution in [0.15, 0.2) is 29.2 Å². The first-order valence-corrected chi connectivity index (χ1v) is 9.22. The average Bonchev–Trinajstić information content (AvgIpc) is 2.49. The summed E-state index contributed by atoms with van der Waals surface area (Å²) in [7, 11) is -1.57. The van der Waals surface area contributed by atoms with Gasteiger partial charge in [-0.25, -0.2) is 13.1 Å². The molecule has 1 aromatic rings. The van der Waals surface area contributed by atoms with Gasteiger partial charge in [-0.3, -0.25) is 0 Å². The Hall–Kier alpha value is -0.910. The van der Waals surface area contributed by atoms with Crippen molar-refractivity contribution in [3.63, 3.8) is 0 Å². The van der Waals surface area contributed by atoms with Gasteiger partial charge in [0.05, 0.1) is 4.90 Å². The van der Waals surface area contributed by atoms with Gasteiger partial charge in [0.1, 0.15) is 0 Å². The summed E-state index contributed by atoms with van der Waals surface area (Å²) in [5.41, 5.74) is 0.983. The standard InChI is InChI=1S/C16H26N2O2S/c1-12-7-4-5-10-16(12)18-21(19,20)15-9-6-8-14(11-15)13(2)17-3/h6,8-9,11-13,16-18H,4-5,7,10H2,1-3H3. The van der Waals surface area contributed by atoms with Crippen molar-refractivity contribution in [3.8, 4) is 0 Å². The maximum Gasteiger partial charge on any atom is 0.240 e. The van der Waals surface area contributed by atoms with E-state index in [1.54, 1.807) is 12.1 Å². The Morgan fingerprint density at radius 2 is 1.95 bits per heavy atom. The lowest BCUT2D eigenvalue weighted by Gasteiger charge is -2.29. The molecule has 1 fully saturated rings. The fourth-order valence-electron chi connectivity index (χ4n) is 2.88. The second-order valence-corrected chi connectivity index (χ2v) is 7.79. The number of nitrogens with one attached hydrogen (secondary N) is 2. The normalized spacial score (nSPS) is 24.7. The summed E-state index contributed by atoms with van der Waals surface area (Å²) in [6.45, 7) is 4.15. The zero-order chi connectivity index (χ0) is 15.5. The van der Waals surface area contributed by atoms with Crippen LogP contribution >= 0.6 is 0 Å². The molecule has 0 bridgehead atoms.